The van der Waals surface area contributed by atoms with Crippen molar-refractivity contribution in [1.29, 1.82) is 0 Å². The number of carbonyl (C=O) groups is 1. The van der Waals surface area contributed by atoms with Crippen molar-refractivity contribution in [1.82, 2.24) is 14.8 Å². The van der Waals surface area contributed by atoms with E-state index in [4.69, 9.17) is 0 Å². The van der Waals surface area contributed by atoms with Gasteiger partial charge in [0.15, 0.2) is 0 Å². The average Bonchev–Trinajstić information content (AvgIpc) is 2.96. The second-order valence-corrected chi connectivity index (χ2v) is 6.69. The molecule has 1 N–H and O–H groups in total. The van der Waals surface area contributed by atoms with Crippen molar-refractivity contribution in [2.75, 3.05) is 20.6 Å². The molecule has 0 bridgehead atoms. The highest BCUT2D eigenvalue weighted by atomic mass is 19.1. The standard InChI is InChI=1S/C19H22FN3O2/c1-22(2)11-16-7-6-14(10-21-16)19(25)23-12-17(24)9-18(23)13-4-3-5-15(20)8-13/h3-8,10,17-18,24H,9,11-12H2,1-2H3. The van der Waals surface area contributed by atoms with Gasteiger partial charge < -0.3 is 14.9 Å². The second kappa shape index (κ2) is 7.29. The maximum atomic E-state index is 13.5. The first-order valence-electron chi connectivity index (χ1n) is 8.28. The highest BCUT2D eigenvalue weighted by Crippen LogP contribution is 2.33. The Morgan fingerprint density at radius 3 is 2.80 bits per heavy atom. The number of aromatic nitrogens is 1. The first-order valence-corrected chi connectivity index (χ1v) is 8.28. The van der Waals surface area contributed by atoms with Crippen LogP contribution < -0.4 is 0 Å². The molecule has 25 heavy (non-hydrogen) atoms. The summed E-state index contributed by atoms with van der Waals surface area (Å²) in [6.45, 7) is 0.933. The summed E-state index contributed by atoms with van der Waals surface area (Å²) in [4.78, 5) is 20.8. The highest BCUT2D eigenvalue weighted by molar-refractivity contribution is 5.94. The summed E-state index contributed by atoms with van der Waals surface area (Å²) in [6.07, 6.45) is 1.36. The number of β-amino-alcohol motifs (C(OH)–C–C–N with tert-alkyl or cyclic N) is 1. The van der Waals surface area contributed by atoms with Gasteiger partial charge in [-0.25, -0.2) is 4.39 Å². The lowest BCUT2D eigenvalue weighted by atomic mass is 10.0. The summed E-state index contributed by atoms with van der Waals surface area (Å²) >= 11 is 0. The van der Waals surface area contributed by atoms with Gasteiger partial charge in [-0.2, -0.15) is 0 Å². The van der Waals surface area contributed by atoms with Crippen molar-refractivity contribution in [3.8, 4) is 0 Å². The molecule has 5 nitrogen and oxygen atoms in total. The molecule has 1 aliphatic rings. The molecule has 132 valence electrons. The summed E-state index contributed by atoms with van der Waals surface area (Å²) < 4.78 is 13.5. The molecule has 1 amide bonds. The number of benzene rings is 1. The minimum Gasteiger partial charge on any atom is -0.391 e. The molecule has 3 rings (SSSR count). The first kappa shape index (κ1) is 17.5. The Labute approximate surface area is 146 Å². The molecule has 1 aromatic carbocycles. The van der Waals surface area contributed by atoms with Crippen LogP contribution in [0.4, 0.5) is 4.39 Å². The third kappa shape index (κ3) is 4.03. The summed E-state index contributed by atoms with van der Waals surface area (Å²) in [5, 5.41) is 10.0. The zero-order valence-corrected chi connectivity index (χ0v) is 14.4. The Bertz CT molecular complexity index is 749. The van der Waals surface area contributed by atoms with Gasteiger partial charge in [-0.15, -0.1) is 0 Å². The van der Waals surface area contributed by atoms with E-state index in [1.54, 1.807) is 29.3 Å². The molecule has 2 unspecified atom stereocenters. The highest BCUT2D eigenvalue weighted by Gasteiger charge is 2.35. The van der Waals surface area contributed by atoms with Crippen LogP contribution in [0.3, 0.4) is 0 Å². The van der Waals surface area contributed by atoms with Crippen molar-refractivity contribution in [3.05, 3.63) is 65.2 Å². The van der Waals surface area contributed by atoms with Crippen LogP contribution in [0.2, 0.25) is 0 Å². The monoisotopic (exact) mass is 343 g/mol. The lowest BCUT2D eigenvalue weighted by molar-refractivity contribution is 0.0715. The lowest BCUT2D eigenvalue weighted by Gasteiger charge is -2.25. The van der Waals surface area contributed by atoms with Crippen molar-refractivity contribution in [2.45, 2.75) is 25.1 Å². The number of nitrogens with zero attached hydrogens (tertiary/aromatic N) is 3. The number of amides is 1. The molecular formula is C19H22FN3O2. The summed E-state index contributed by atoms with van der Waals surface area (Å²) in [5.41, 5.74) is 2.05. The Kier molecular flexibility index (Phi) is 5.11. The van der Waals surface area contributed by atoms with Gasteiger partial charge in [0.25, 0.3) is 5.91 Å². The predicted octanol–water partition coefficient (Wildman–Crippen LogP) is 2.23. The molecule has 1 saturated heterocycles. The fourth-order valence-electron chi connectivity index (χ4n) is 3.20. The van der Waals surface area contributed by atoms with Gasteiger partial charge in [-0.05, 0) is 50.3 Å². The molecule has 6 heteroatoms. The van der Waals surface area contributed by atoms with Gasteiger partial charge >= 0.3 is 0 Å². The van der Waals surface area contributed by atoms with Crippen molar-refractivity contribution in [3.63, 3.8) is 0 Å². The van der Waals surface area contributed by atoms with Crippen molar-refractivity contribution in [2.24, 2.45) is 0 Å². The molecule has 0 radical (unpaired) electrons. The van der Waals surface area contributed by atoms with E-state index in [1.165, 1.54) is 12.1 Å². The van der Waals surface area contributed by atoms with E-state index in [9.17, 15) is 14.3 Å². The van der Waals surface area contributed by atoms with Crippen molar-refractivity contribution < 1.29 is 14.3 Å². The number of hydrogen-bond acceptors (Lipinski definition) is 4. The fraction of sp³-hybridized carbons (Fsp3) is 0.368. The molecule has 2 atom stereocenters. The smallest absolute Gasteiger partial charge is 0.256 e. The number of hydrogen-bond donors (Lipinski definition) is 1. The Balaban J connectivity index is 1.82. The minimum atomic E-state index is -0.613. The number of likely N-dealkylation sites (tertiary alicyclic amines) is 1. The third-order valence-electron chi connectivity index (χ3n) is 4.32. The number of aliphatic hydroxyl groups is 1. The second-order valence-electron chi connectivity index (χ2n) is 6.69. The van der Waals surface area contributed by atoms with E-state index in [0.29, 0.717) is 24.1 Å². The zero-order valence-electron chi connectivity index (χ0n) is 14.4. The van der Waals surface area contributed by atoms with Gasteiger partial charge in [0.05, 0.1) is 23.4 Å². The molecule has 1 fully saturated rings. The molecule has 0 aliphatic carbocycles. The van der Waals surface area contributed by atoms with Gasteiger partial charge in [0, 0.05) is 19.3 Å². The van der Waals surface area contributed by atoms with E-state index in [0.717, 1.165) is 5.69 Å². The fourth-order valence-corrected chi connectivity index (χ4v) is 3.20. The average molecular weight is 343 g/mol. The van der Waals surface area contributed by atoms with Gasteiger partial charge in [-0.1, -0.05) is 12.1 Å². The van der Waals surface area contributed by atoms with Crippen LogP contribution in [-0.2, 0) is 6.54 Å². The third-order valence-corrected chi connectivity index (χ3v) is 4.32. The molecule has 2 heterocycles. The maximum Gasteiger partial charge on any atom is 0.256 e. The molecule has 0 spiro atoms. The van der Waals surface area contributed by atoms with Gasteiger partial charge in [0.2, 0.25) is 0 Å². The molecule has 0 saturated carbocycles. The van der Waals surface area contributed by atoms with Gasteiger partial charge in [-0.3, -0.25) is 9.78 Å². The quantitative estimate of drug-likeness (QED) is 0.925. The largest absolute Gasteiger partial charge is 0.391 e. The van der Waals surface area contributed by atoms with E-state index in [2.05, 4.69) is 4.98 Å². The number of halogens is 1. The normalized spacial score (nSPS) is 20.3. The van der Waals surface area contributed by atoms with E-state index >= 15 is 0 Å². The number of rotatable bonds is 4. The van der Waals surface area contributed by atoms with Crippen LogP contribution in [0.15, 0.2) is 42.6 Å². The Morgan fingerprint density at radius 1 is 1.36 bits per heavy atom. The predicted molar refractivity (Wildman–Crippen MR) is 92.4 cm³/mol. The SMILES string of the molecule is CN(C)Cc1ccc(C(=O)N2CC(O)CC2c2cccc(F)c2)cn1. The van der Waals surface area contributed by atoms with Crippen LogP contribution in [0.25, 0.3) is 0 Å². The van der Waals surface area contributed by atoms with E-state index < -0.39 is 6.10 Å². The Hall–Kier alpha value is -2.31. The number of carbonyl (C=O) groups excluding carboxylic acids is 1. The van der Waals surface area contributed by atoms with Crippen LogP contribution in [0.5, 0.6) is 0 Å². The van der Waals surface area contributed by atoms with E-state index in [-0.39, 0.29) is 24.3 Å². The van der Waals surface area contributed by atoms with Crippen molar-refractivity contribution >= 4 is 5.91 Å². The topological polar surface area (TPSA) is 56.7 Å². The number of aliphatic hydroxyl groups excluding tert-OH is 1. The van der Waals surface area contributed by atoms with Gasteiger partial charge in [0.1, 0.15) is 5.82 Å². The lowest BCUT2D eigenvalue weighted by Crippen LogP contribution is -2.32. The van der Waals surface area contributed by atoms with Crippen LogP contribution in [0.1, 0.15) is 34.1 Å². The van der Waals surface area contributed by atoms with E-state index in [1.807, 2.05) is 25.1 Å². The van der Waals surface area contributed by atoms with Crippen LogP contribution in [-0.4, -0.2) is 52.5 Å². The summed E-state index contributed by atoms with van der Waals surface area (Å²) in [6, 6.07) is 9.44. The summed E-state index contributed by atoms with van der Waals surface area (Å²) in [5.74, 6) is -0.546. The summed E-state index contributed by atoms with van der Waals surface area (Å²) in [7, 11) is 3.91. The minimum absolute atomic E-state index is 0.199. The number of pyridine rings is 1. The molecule has 1 aliphatic heterocycles. The first-order chi connectivity index (χ1) is 11.9. The molecular weight excluding hydrogens is 321 g/mol. The molecule has 1 aromatic heterocycles. The van der Waals surface area contributed by atoms with Crippen LogP contribution >= 0.6 is 0 Å². The Morgan fingerprint density at radius 2 is 2.16 bits per heavy atom. The molecule has 2 aromatic rings. The van der Waals surface area contributed by atoms with Crippen LogP contribution in [0, 0.1) is 5.82 Å². The zero-order chi connectivity index (χ0) is 18.0. The maximum absolute atomic E-state index is 13.5.